The Hall–Kier alpha value is -1.24. The highest BCUT2D eigenvalue weighted by atomic mass is 32.1. The maximum absolute atomic E-state index is 5.34. The van der Waals surface area contributed by atoms with Gasteiger partial charge in [-0.15, -0.1) is 11.3 Å². The molecular formula is C14H20N4OS. The summed E-state index contributed by atoms with van der Waals surface area (Å²) in [7, 11) is 2.12. The van der Waals surface area contributed by atoms with Gasteiger partial charge in [-0.05, 0) is 50.3 Å². The van der Waals surface area contributed by atoms with Gasteiger partial charge >= 0.3 is 0 Å². The third-order valence-corrected chi connectivity index (χ3v) is 4.51. The SMILES string of the molecule is CN(Cc1nc(-c2cccs2)no1)CC1CCNCC1. The number of aromatic nitrogens is 2. The summed E-state index contributed by atoms with van der Waals surface area (Å²) in [6, 6.07) is 4.01. The minimum Gasteiger partial charge on any atom is -0.338 e. The lowest BCUT2D eigenvalue weighted by Gasteiger charge is -2.26. The predicted molar refractivity (Wildman–Crippen MR) is 79.5 cm³/mol. The van der Waals surface area contributed by atoms with Crippen LogP contribution in [0.3, 0.4) is 0 Å². The lowest BCUT2D eigenvalue weighted by molar-refractivity contribution is 0.210. The summed E-state index contributed by atoms with van der Waals surface area (Å²) < 4.78 is 5.34. The second kappa shape index (κ2) is 6.47. The van der Waals surface area contributed by atoms with Crippen LogP contribution in [0.1, 0.15) is 18.7 Å². The van der Waals surface area contributed by atoms with Crippen LogP contribution < -0.4 is 5.32 Å². The molecule has 0 bridgehead atoms. The first-order valence-electron chi connectivity index (χ1n) is 7.07. The Bertz CT molecular complexity index is 519. The van der Waals surface area contributed by atoms with Crippen molar-refractivity contribution in [2.75, 3.05) is 26.7 Å². The molecule has 0 saturated carbocycles. The Morgan fingerprint density at radius 1 is 1.45 bits per heavy atom. The van der Waals surface area contributed by atoms with Gasteiger partial charge in [-0.25, -0.2) is 0 Å². The molecule has 1 saturated heterocycles. The molecule has 0 spiro atoms. The van der Waals surface area contributed by atoms with E-state index in [9.17, 15) is 0 Å². The van der Waals surface area contributed by atoms with Gasteiger partial charge < -0.3 is 9.84 Å². The van der Waals surface area contributed by atoms with Crippen LogP contribution in [0, 0.1) is 5.92 Å². The summed E-state index contributed by atoms with van der Waals surface area (Å²) in [5.74, 6) is 2.18. The number of nitrogens with one attached hydrogen (secondary N) is 1. The van der Waals surface area contributed by atoms with Crippen molar-refractivity contribution < 1.29 is 4.52 Å². The normalized spacial score (nSPS) is 16.9. The average Bonchev–Trinajstić information content (AvgIpc) is 3.10. The second-order valence-corrected chi connectivity index (χ2v) is 6.33. The fourth-order valence-electron chi connectivity index (χ4n) is 2.63. The highest BCUT2D eigenvalue weighted by Gasteiger charge is 2.17. The molecule has 2 aromatic heterocycles. The molecular weight excluding hydrogens is 272 g/mol. The number of rotatable bonds is 5. The molecule has 0 unspecified atom stereocenters. The number of nitrogens with zero attached hydrogens (tertiary/aromatic N) is 3. The van der Waals surface area contributed by atoms with Crippen molar-refractivity contribution in [1.82, 2.24) is 20.4 Å². The third-order valence-electron chi connectivity index (χ3n) is 3.64. The molecule has 1 fully saturated rings. The van der Waals surface area contributed by atoms with Gasteiger partial charge in [0, 0.05) is 6.54 Å². The van der Waals surface area contributed by atoms with Crippen LogP contribution in [0.25, 0.3) is 10.7 Å². The largest absolute Gasteiger partial charge is 0.338 e. The quantitative estimate of drug-likeness (QED) is 0.916. The fraction of sp³-hybridized carbons (Fsp3) is 0.571. The molecule has 2 aromatic rings. The molecule has 3 rings (SSSR count). The van der Waals surface area contributed by atoms with Crippen molar-refractivity contribution in [1.29, 1.82) is 0 Å². The van der Waals surface area contributed by atoms with E-state index in [1.54, 1.807) is 11.3 Å². The first-order valence-corrected chi connectivity index (χ1v) is 7.95. The van der Waals surface area contributed by atoms with Crippen LogP contribution in [0.4, 0.5) is 0 Å². The molecule has 0 amide bonds. The van der Waals surface area contributed by atoms with Gasteiger partial charge in [0.15, 0.2) is 0 Å². The molecule has 0 aliphatic carbocycles. The predicted octanol–water partition coefficient (Wildman–Crippen LogP) is 2.23. The number of hydrogen-bond acceptors (Lipinski definition) is 6. The van der Waals surface area contributed by atoms with E-state index < -0.39 is 0 Å². The second-order valence-electron chi connectivity index (χ2n) is 5.38. The summed E-state index contributed by atoms with van der Waals surface area (Å²) in [4.78, 5) is 7.80. The topological polar surface area (TPSA) is 54.2 Å². The number of piperidine rings is 1. The van der Waals surface area contributed by atoms with E-state index in [0.29, 0.717) is 11.7 Å². The van der Waals surface area contributed by atoms with E-state index in [1.807, 2.05) is 17.5 Å². The maximum Gasteiger partial charge on any atom is 0.241 e. The first-order chi connectivity index (χ1) is 9.81. The number of hydrogen-bond donors (Lipinski definition) is 1. The zero-order valence-corrected chi connectivity index (χ0v) is 12.5. The molecule has 1 aliphatic heterocycles. The van der Waals surface area contributed by atoms with Crippen molar-refractivity contribution in [3.05, 3.63) is 23.4 Å². The van der Waals surface area contributed by atoms with Crippen LogP contribution in [0.2, 0.25) is 0 Å². The Balaban J connectivity index is 1.54. The van der Waals surface area contributed by atoms with Gasteiger partial charge in [0.2, 0.25) is 11.7 Å². The van der Waals surface area contributed by atoms with E-state index in [1.165, 1.54) is 12.8 Å². The monoisotopic (exact) mass is 292 g/mol. The Morgan fingerprint density at radius 2 is 2.30 bits per heavy atom. The summed E-state index contributed by atoms with van der Waals surface area (Å²) >= 11 is 1.63. The van der Waals surface area contributed by atoms with Crippen molar-refractivity contribution in [3.8, 4) is 10.7 Å². The third kappa shape index (κ3) is 3.45. The Labute approximate surface area is 123 Å². The van der Waals surface area contributed by atoms with E-state index in [0.717, 1.165) is 37.0 Å². The van der Waals surface area contributed by atoms with Crippen LogP contribution in [-0.2, 0) is 6.54 Å². The van der Waals surface area contributed by atoms with Gasteiger partial charge in [-0.2, -0.15) is 4.98 Å². The summed E-state index contributed by atoms with van der Waals surface area (Å²) in [5, 5.41) is 9.47. The summed E-state index contributed by atoms with van der Waals surface area (Å²) in [6.45, 7) is 4.10. The van der Waals surface area contributed by atoms with Crippen molar-refractivity contribution in [2.24, 2.45) is 5.92 Å². The van der Waals surface area contributed by atoms with Gasteiger partial charge in [-0.3, -0.25) is 4.90 Å². The maximum atomic E-state index is 5.34. The van der Waals surface area contributed by atoms with Crippen LogP contribution in [-0.4, -0.2) is 41.7 Å². The van der Waals surface area contributed by atoms with E-state index in [4.69, 9.17) is 4.52 Å². The van der Waals surface area contributed by atoms with Gasteiger partial charge in [-0.1, -0.05) is 11.2 Å². The van der Waals surface area contributed by atoms with Gasteiger partial charge in [0.25, 0.3) is 0 Å². The van der Waals surface area contributed by atoms with Gasteiger partial charge in [0.05, 0.1) is 11.4 Å². The molecule has 1 aliphatic rings. The minimum absolute atomic E-state index is 0.699. The molecule has 20 heavy (non-hydrogen) atoms. The first kappa shape index (κ1) is 13.7. The molecule has 6 heteroatoms. The van der Waals surface area contributed by atoms with E-state index >= 15 is 0 Å². The zero-order valence-electron chi connectivity index (χ0n) is 11.7. The fourth-order valence-corrected chi connectivity index (χ4v) is 3.27. The lowest BCUT2D eigenvalue weighted by atomic mass is 9.98. The molecule has 0 radical (unpaired) electrons. The molecule has 108 valence electrons. The summed E-state index contributed by atoms with van der Waals surface area (Å²) in [5.41, 5.74) is 0. The van der Waals surface area contributed by atoms with Crippen LogP contribution >= 0.6 is 11.3 Å². The average molecular weight is 292 g/mol. The highest BCUT2D eigenvalue weighted by Crippen LogP contribution is 2.21. The molecule has 1 N–H and O–H groups in total. The standard InChI is InChI=1S/C14H20N4OS/c1-18(9-11-4-6-15-7-5-11)10-13-16-14(17-19-13)12-3-2-8-20-12/h2-3,8,11,15H,4-7,9-10H2,1H3. The van der Waals surface area contributed by atoms with Crippen molar-refractivity contribution >= 4 is 11.3 Å². The molecule has 0 aromatic carbocycles. The lowest BCUT2D eigenvalue weighted by Crippen LogP contribution is -2.34. The van der Waals surface area contributed by atoms with Crippen molar-refractivity contribution in [2.45, 2.75) is 19.4 Å². The van der Waals surface area contributed by atoms with E-state index in [-0.39, 0.29) is 0 Å². The number of thiophene rings is 1. The Kier molecular flexibility index (Phi) is 4.44. The summed E-state index contributed by atoms with van der Waals surface area (Å²) in [6.07, 6.45) is 2.52. The van der Waals surface area contributed by atoms with E-state index in [2.05, 4.69) is 27.4 Å². The minimum atomic E-state index is 0.699. The van der Waals surface area contributed by atoms with Crippen LogP contribution in [0.5, 0.6) is 0 Å². The smallest absolute Gasteiger partial charge is 0.241 e. The molecule has 0 atom stereocenters. The van der Waals surface area contributed by atoms with Gasteiger partial charge in [0.1, 0.15) is 0 Å². The highest BCUT2D eigenvalue weighted by molar-refractivity contribution is 7.13. The Morgan fingerprint density at radius 3 is 3.05 bits per heavy atom. The van der Waals surface area contributed by atoms with Crippen LogP contribution in [0.15, 0.2) is 22.0 Å². The zero-order chi connectivity index (χ0) is 13.8. The van der Waals surface area contributed by atoms with Crippen molar-refractivity contribution in [3.63, 3.8) is 0 Å². The molecule has 5 nitrogen and oxygen atoms in total. The molecule has 3 heterocycles.